The van der Waals surface area contributed by atoms with Gasteiger partial charge in [-0.1, -0.05) is 0 Å². The molecule has 2 N–H and O–H groups in total. The Kier molecular flexibility index (Phi) is 4.85. The van der Waals surface area contributed by atoms with E-state index < -0.39 is 0 Å². The molecular formula is C13H19ClN2O3. The molecular weight excluding hydrogens is 268 g/mol. The van der Waals surface area contributed by atoms with Crippen LogP contribution >= 0.6 is 12.4 Å². The van der Waals surface area contributed by atoms with Crippen LogP contribution in [0.5, 0.6) is 0 Å². The largest absolute Gasteiger partial charge is 0.459 e. The van der Waals surface area contributed by atoms with Crippen molar-refractivity contribution in [3.63, 3.8) is 0 Å². The fourth-order valence-corrected chi connectivity index (χ4v) is 2.85. The summed E-state index contributed by atoms with van der Waals surface area (Å²) in [7, 11) is 0. The summed E-state index contributed by atoms with van der Waals surface area (Å²) >= 11 is 0. The van der Waals surface area contributed by atoms with Gasteiger partial charge in [-0.3, -0.25) is 4.79 Å². The molecule has 6 heteroatoms. The second kappa shape index (κ2) is 6.41. The molecule has 1 aromatic rings. The van der Waals surface area contributed by atoms with E-state index in [0.29, 0.717) is 24.1 Å². The van der Waals surface area contributed by atoms with Gasteiger partial charge in [-0.05, 0) is 31.0 Å². The number of hydrogen-bond donors (Lipinski definition) is 2. The predicted octanol–water partition coefficient (Wildman–Crippen LogP) is 1.06. The number of amides is 1. The zero-order valence-electron chi connectivity index (χ0n) is 10.6. The molecule has 3 atom stereocenters. The summed E-state index contributed by atoms with van der Waals surface area (Å²) in [4.78, 5) is 11.7. The van der Waals surface area contributed by atoms with Crippen molar-refractivity contribution in [1.29, 1.82) is 0 Å². The van der Waals surface area contributed by atoms with Crippen molar-refractivity contribution >= 4 is 18.3 Å². The maximum Gasteiger partial charge on any atom is 0.287 e. The maximum atomic E-state index is 11.7. The first kappa shape index (κ1) is 14.4. The molecule has 0 spiro atoms. The third-order valence-corrected chi connectivity index (χ3v) is 3.89. The Balaban J connectivity index is 0.00000133. The first-order valence-corrected chi connectivity index (χ1v) is 6.48. The van der Waals surface area contributed by atoms with Gasteiger partial charge in [-0.15, -0.1) is 12.4 Å². The van der Waals surface area contributed by atoms with Gasteiger partial charge in [0.2, 0.25) is 0 Å². The maximum absolute atomic E-state index is 11.7. The fraction of sp³-hybridized carbons (Fsp3) is 0.615. The summed E-state index contributed by atoms with van der Waals surface area (Å²) in [6, 6.07) is 3.37. The van der Waals surface area contributed by atoms with Crippen molar-refractivity contribution in [1.82, 2.24) is 10.6 Å². The number of carbonyl (C=O) groups excluding carboxylic acids is 1. The normalized spacial score (nSPS) is 29.4. The molecule has 3 heterocycles. The van der Waals surface area contributed by atoms with Crippen LogP contribution in [0.2, 0.25) is 0 Å². The average Bonchev–Trinajstić information content (AvgIpc) is 3.06. The van der Waals surface area contributed by atoms with Gasteiger partial charge in [0.1, 0.15) is 0 Å². The highest BCUT2D eigenvalue weighted by Gasteiger charge is 2.38. The second-order valence-corrected chi connectivity index (χ2v) is 4.98. The van der Waals surface area contributed by atoms with Crippen LogP contribution in [0, 0.1) is 11.8 Å². The van der Waals surface area contributed by atoms with Crippen LogP contribution in [-0.2, 0) is 4.74 Å². The molecule has 5 nitrogen and oxygen atoms in total. The lowest BCUT2D eigenvalue weighted by Crippen LogP contribution is -2.43. The topological polar surface area (TPSA) is 63.5 Å². The lowest BCUT2D eigenvalue weighted by atomic mass is 9.85. The van der Waals surface area contributed by atoms with E-state index in [1.165, 1.54) is 12.7 Å². The first-order chi connectivity index (χ1) is 8.84. The minimum absolute atomic E-state index is 0. The number of piperidine rings is 1. The van der Waals surface area contributed by atoms with Crippen molar-refractivity contribution in [2.75, 3.05) is 26.2 Å². The number of nitrogens with one attached hydrogen (secondary N) is 2. The Hall–Kier alpha value is -1.04. The smallest absolute Gasteiger partial charge is 0.287 e. The summed E-state index contributed by atoms with van der Waals surface area (Å²) in [5.41, 5.74) is 0. The molecule has 2 fully saturated rings. The van der Waals surface area contributed by atoms with Crippen molar-refractivity contribution in [2.24, 2.45) is 11.8 Å². The standard InChI is InChI=1S/C13H18N2O3.ClH/c16-13(11-2-1-5-17-11)15-7-12-10-6-14-4-3-9(10)8-18-12;/h1-2,5,9-10,12,14H,3-4,6-8H2,(H,15,16);1H/t9-,10-,12+;/m0./s1. The van der Waals surface area contributed by atoms with Gasteiger partial charge in [-0.25, -0.2) is 0 Å². The highest BCUT2D eigenvalue weighted by Crippen LogP contribution is 2.30. The quantitative estimate of drug-likeness (QED) is 0.872. The van der Waals surface area contributed by atoms with Gasteiger partial charge in [0.15, 0.2) is 5.76 Å². The molecule has 106 valence electrons. The second-order valence-electron chi connectivity index (χ2n) is 4.98. The van der Waals surface area contributed by atoms with Crippen molar-refractivity contribution in [3.05, 3.63) is 24.2 Å². The SMILES string of the molecule is Cl.O=C(NC[C@H]1OC[C@@H]2CCNC[C@@H]21)c1ccco1. The molecule has 2 saturated heterocycles. The summed E-state index contributed by atoms with van der Waals surface area (Å²) in [6.07, 6.45) is 2.80. The Morgan fingerprint density at radius 3 is 3.21 bits per heavy atom. The molecule has 1 aromatic heterocycles. The Morgan fingerprint density at radius 2 is 2.42 bits per heavy atom. The van der Waals surface area contributed by atoms with Crippen molar-refractivity contribution < 1.29 is 13.9 Å². The van der Waals surface area contributed by atoms with E-state index in [-0.39, 0.29) is 24.4 Å². The molecule has 0 radical (unpaired) electrons. The molecule has 0 aliphatic carbocycles. The predicted molar refractivity (Wildman–Crippen MR) is 72.5 cm³/mol. The number of rotatable bonds is 3. The Labute approximate surface area is 118 Å². The van der Waals surface area contributed by atoms with Crippen LogP contribution < -0.4 is 10.6 Å². The van der Waals surface area contributed by atoms with Crippen LogP contribution in [0.3, 0.4) is 0 Å². The number of fused-ring (bicyclic) bond motifs is 1. The summed E-state index contributed by atoms with van der Waals surface area (Å²) < 4.78 is 10.8. The number of furan rings is 1. The van der Waals surface area contributed by atoms with Gasteiger partial charge in [0, 0.05) is 19.0 Å². The molecule has 3 rings (SSSR count). The third-order valence-electron chi connectivity index (χ3n) is 3.89. The monoisotopic (exact) mass is 286 g/mol. The average molecular weight is 287 g/mol. The molecule has 2 aliphatic heterocycles. The van der Waals surface area contributed by atoms with E-state index in [2.05, 4.69) is 10.6 Å². The number of hydrogen-bond acceptors (Lipinski definition) is 4. The third kappa shape index (κ3) is 3.11. The molecule has 0 saturated carbocycles. The first-order valence-electron chi connectivity index (χ1n) is 6.48. The molecule has 1 amide bonds. The number of ether oxygens (including phenoxy) is 1. The fourth-order valence-electron chi connectivity index (χ4n) is 2.85. The van der Waals surface area contributed by atoms with E-state index in [9.17, 15) is 4.79 Å². The highest BCUT2D eigenvalue weighted by atomic mass is 35.5. The molecule has 0 aromatic carbocycles. The molecule has 2 aliphatic rings. The van der Waals surface area contributed by atoms with Gasteiger partial charge < -0.3 is 19.8 Å². The lowest BCUT2D eigenvalue weighted by molar-refractivity contribution is 0.0760. The van der Waals surface area contributed by atoms with Crippen molar-refractivity contribution in [2.45, 2.75) is 12.5 Å². The van der Waals surface area contributed by atoms with Crippen LogP contribution in [0.1, 0.15) is 17.0 Å². The summed E-state index contributed by atoms with van der Waals surface area (Å²) in [5.74, 6) is 1.36. The van der Waals surface area contributed by atoms with Crippen LogP contribution in [-0.4, -0.2) is 38.3 Å². The van der Waals surface area contributed by atoms with E-state index >= 15 is 0 Å². The zero-order valence-corrected chi connectivity index (χ0v) is 11.4. The van der Waals surface area contributed by atoms with Crippen LogP contribution in [0.15, 0.2) is 22.8 Å². The molecule has 19 heavy (non-hydrogen) atoms. The van der Waals surface area contributed by atoms with E-state index in [1.54, 1.807) is 12.1 Å². The van der Waals surface area contributed by atoms with E-state index in [0.717, 1.165) is 19.7 Å². The van der Waals surface area contributed by atoms with Crippen molar-refractivity contribution in [3.8, 4) is 0 Å². The summed E-state index contributed by atoms with van der Waals surface area (Å²) in [6.45, 7) is 3.46. The Morgan fingerprint density at radius 1 is 1.53 bits per heavy atom. The van der Waals surface area contributed by atoms with Gasteiger partial charge in [-0.2, -0.15) is 0 Å². The lowest BCUT2D eigenvalue weighted by Gasteiger charge is -2.27. The highest BCUT2D eigenvalue weighted by molar-refractivity contribution is 5.91. The molecule has 0 bridgehead atoms. The molecule has 0 unspecified atom stereocenters. The van der Waals surface area contributed by atoms with Gasteiger partial charge >= 0.3 is 0 Å². The zero-order chi connectivity index (χ0) is 12.4. The van der Waals surface area contributed by atoms with E-state index in [4.69, 9.17) is 9.15 Å². The minimum Gasteiger partial charge on any atom is -0.459 e. The Bertz CT molecular complexity index is 410. The number of carbonyl (C=O) groups is 1. The van der Waals surface area contributed by atoms with Gasteiger partial charge in [0.05, 0.1) is 19.0 Å². The van der Waals surface area contributed by atoms with Gasteiger partial charge in [0.25, 0.3) is 5.91 Å². The van der Waals surface area contributed by atoms with Crippen LogP contribution in [0.25, 0.3) is 0 Å². The van der Waals surface area contributed by atoms with Crippen LogP contribution in [0.4, 0.5) is 0 Å². The number of halogens is 1. The van der Waals surface area contributed by atoms with E-state index in [1.807, 2.05) is 0 Å². The minimum atomic E-state index is -0.171. The summed E-state index contributed by atoms with van der Waals surface area (Å²) in [5, 5.41) is 6.26.